The number of fused-ring (bicyclic) bond motifs is 9. The van der Waals surface area contributed by atoms with Crippen molar-refractivity contribution in [3.63, 3.8) is 0 Å². The van der Waals surface area contributed by atoms with Gasteiger partial charge >= 0.3 is 0 Å². The van der Waals surface area contributed by atoms with Crippen molar-refractivity contribution in [1.29, 1.82) is 0 Å². The second kappa shape index (κ2) is 12.4. The fraction of sp³-hybridized carbons (Fsp3) is 0. The van der Waals surface area contributed by atoms with Crippen LogP contribution in [-0.2, 0) is 4.57 Å². The summed E-state index contributed by atoms with van der Waals surface area (Å²) in [7, 11) is -3.19. The fourth-order valence-electron chi connectivity index (χ4n) is 8.92. The normalized spacial score (nSPS) is 12.1. The van der Waals surface area contributed by atoms with Gasteiger partial charge in [-0.05, 0) is 83.5 Å². The quantitative estimate of drug-likeness (QED) is 0.131. The molecule has 0 saturated heterocycles. The topological polar surface area (TPSA) is 30.2 Å². The molecule has 11 aromatic rings. The molecule has 0 saturated carbocycles. The average Bonchev–Trinajstić information content (AvgIpc) is 3.65. The third-order valence-electron chi connectivity index (χ3n) is 11.3. The fourth-order valence-corrected chi connectivity index (χ4v) is 11.6. The van der Waals surface area contributed by atoms with E-state index in [0.717, 1.165) is 76.1 Å². The van der Waals surface area contributed by atoms with Crippen molar-refractivity contribution in [3.05, 3.63) is 200 Å². The smallest absolute Gasteiger partial charge is 0.171 e. The molecule has 258 valence electrons. The molecule has 0 N–H and O–H groups in total. The molecule has 0 aliphatic rings. The molecule has 0 amide bonds. The van der Waals surface area contributed by atoms with Crippen LogP contribution in [-0.4, -0.2) is 0 Å². The third kappa shape index (κ3) is 4.79. The summed E-state index contributed by atoms with van der Waals surface area (Å²) < 4.78 is 22.3. The maximum Gasteiger partial charge on any atom is 0.171 e. The van der Waals surface area contributed by atoms with Crippen LogP contribution < -0.4 is 15.9 Å². The van der Waals surface area contributed by atoms with Gasteiger partial charge in [-0.3, -0.25) is 0 Å². The summed E-state index contributed by atoms with van der Waals surface area (Å²) in [5, 5.41) is 14.1. The lowest BCUT2D eigenvalue weighted by molar-refractivity contribution is 0.592. The summed E-state index contributed by atoms with van der Waals surface area (Å²) in [4.78, 5) is 0. The standard InChI is InChI=1S/C52H33O2P/c53-55(36-18-3-1-4-19-36,37-20-5-2-6-21-37)38-22-15-17-35(32-38)49-42-26-11-13-28-44(42)50(45-29-14-12-27-43(45)49)46-33-48-52(41-25-10-9-24-40(41)46)51-39-23-8-7-16-34(39)30-31-47(51)54-48/h1-33H. The van der Waals surface area contributed by atoms with E-state index >= 15 is 4.57 Å². The Morgan fingerprint density at radius 3 is 1.47 bits per heavy atom. The highest BCUT2D eigenvalue weighted by Crippen LogP contribution is 2.49. The predicted octanol–water partition coefficient (Wildman–Crippen LogP) is 13.2. The number of rotatable bonds is 5. The summed E-state index contributed by atoms with van der Waals surface area (Å²) >= 11 is 0. The van der Waals surface area contributed by atoms with E-state index in [2.05, 4.69) is 133 Å². The van der Waals surface area contributed by atoms with Crippen molar-refractivity contribution in [2.45, 2.75) is 0 Å². The Kier molecular flexibility index (Phi) is 7.17. The van der Waals surface area contributed by atoms with Gasteiger partial charge in [-0.25, -0.2) is 0 Å². The van der Waals surface area contributed by atoms with E-state index in [4.69, 9.17) is 4.42 Å². The van der Waals surface area contributed by atoms with E-state index in [9.17, 15) is 0 Å². The second-order valence-corrected chi connectivity index (χ2v) is 17.0. The summed E-state index contributed by atoms with van der Waals surface area (Å²) in [5.41, 5.74) is 6.25. The van der Waals surface area contributed by atoms with Crippen molar-refractivity contribution in [2.24, 2.45) is 0 Å². The van der Waals surface area contributed by atoms with Crippen LogP contribution >= 0.6 is 7.14 Å². The first-order valence-corrected chi connectivity index (χ1v) is 20.4. The average molecular weight is 721 g/mol. The first-order valence-electron chi connectivity index (χ1n) is 18.7. The third-order valence-corrected chi connectivity index (χ3v) is 14.4. The van der Waals surface area contributed by atoms with Crippen molar-refractivity contribution >= 4 is 88.1 Å². The molecule has 0 spiro atoms. The minimum Gasteiger partial charge on any atom is -0.456 e. The molecule has 2 nitrogen and oxygen atoms in total. The Hall–Kier alpha value is -6.73. The predicted molar refractivity (Wildman–Crippen MR) is 234 cm³/mol. The van der Waals surface area contributed by atoms with Crippen LogP contribution in [0.2, 0.25) is 0 Å². The maximum absolute atomic E-state index is 15.5. The molecular weight excluding hydrogens is 688 g/mol. The van der Waals surface area contributed by atoms with E-state index in [1.54, 1.807) is 0 Å². The molecule has 0 atom stereocenters. The van der Waals surface area contributed by atoms with Gasteiger partial charge in [0.25, 0.3) is 0 Å². The van der Waals surface area contributed by atoms with Crippen molar-refractivity contribution in [1.82, 2.24) is 0 Å². The summed E-state index contributed by atoms with van der Waals surface area (Å²) in [6.07, 6.45) is 0. The number of hydrogen-bond donors (Lipinski definition) is 0. The van der Waals surface area contributed by atoms with E-state index in [1.165, 1.54) is 27.1 Å². The van der Waals surface area contributed by atoms with Crippen LogP contribution in [0.3, 0.4) is 0 Å². The van der Waals surface area contributed by atoms with Crippen LogP contribution in [0.15, 0.2) is 205 Å². The minimum absolute atomic E-state index is 0.813. The molecule has 1 aromatic heterocycles. The number of benzene rings is 10. The van der Waals surface area contributed by atoms with Gasteiger partial charge in [-0.2, -0.15) is 0 Å². The highest BCUT2D eigenvalue weighted by Gasteiger charge is 2.30. The molecule has 0 unspecified atom stereocenters. The van der Waals surface area contributed by atoms with Gasteiger partial charge in [0.05, 0.1) is 0 Å². The van der Waals surface area contributed by atoms with Gasteiger partial charge in [0, 0.05) is 26.7 Å². The van der Waals surface area contributed by atoms with E-state index < -0.39 is 7.14 Å². The Balaban J connectivity index is 1.21. The highest BCUT2D eigenvalue weighted by atomic mass is 31.2. The lowest BCUT2D eigenvalue weighted by Gasteiger charge is -2.22. The number of hydrogen-bond acceptors (Lipinski definition) is 2. The Morgan fingerprint density at radius 1 is 0.345 bits per heavy atom. The number of furan rings is 1. The SMILES string of the molecule is O=P(c1ccccc1)(c1ccccc1)c1cccc(-c2c3ccccc3c(-c3cc4oc5ccc6ccccc6c5c4c4ccccc34)c3ccccc23)c1. The van der Waals surface area contributed by atoms with Gasteiger partial charge in [-0.1, -0.05) is 182 Å². The minimum atomic E-state index is -3.19. The van der Waals surface area contributed by atoms with Crippen LogP contribution in [0.5, 0.6) is 0 Å². The molecule has 0 aliphatic carbocycles. The van der Waals surface area contributed by atoms with Crippen LogP contribution in [0.1, 0.15) is 0 Å². The molecule has 55 heavy (non-hydrogen) atoms. The van der Waals surface area contributed by atoms with Crippen LogP contribution in [0.25, 0.3) is 87.3 Å². The lowest BCUT2D eigenvalue weighted by Crippen LogP contribution is -2.25. The summed E-state index contributed by atoms with van der Waals surface area (Å²) in [6, 6.07) is 69.5. The molecule has 3 heteroatoms. The van der Waals surface area contributed by atoms with Crippen molar-refractivity contribution in [3.8, 4) is 22.3 Å². The van der Waals surface area contributed by atoms with Crippen molar-refractivity contribution < 1.29 is 8.98 Å². The van der Waals surface area contributed by atoms with E-state index in [0.29, 0.717) is 0 Å². The molecule has 10 aromatic carbocycles. The zero-order chi connectivity index (χ0) is 36.5. The zero-order valence-electron chi connectivity index (χ0n) is 29.8. The summed E-state index contributed by atoms with van der Waals surface area (Å²) in [5.74, 6) is 0. The van der Waals surface area contributed by atoms with Gasteiger partial charge in [0.1, 0.15) is 11.2 Å². The van der Waals surface area contributed by atoms with Crippen molar-refractivity contribution in [2.75, 3.05) is 0 Å². The molecule has 0 bridgehead atoms. The molecule has 11 rings (SSSR count). The zero-order valence-corrected chi connectivity index (χ0v) is 30.7. The molecule has 1 heterocycles. The monoisotopic (exact) mass is 720 g/mol. The van der Waals surface area contributed by atoms with E-state index in [1.807, 2.05) is 66.7 Å². The molecule has 0 fully saturated rings. The highest BCUT2D eigenvalue weighted by molar-refractivity contribution is 7.85. The maximum atomic E-state index is 15.5. The molecular formula is C52H33O2P. The summed E-state index contributed by atoms with van der Waals surface area (Å²) in [6.45, 7) is 0. The first kappa shape index (κ1) is 31.8. The van der Waals surface area contributed by atoms with Gasteiger partial charge < -0.3 is 8.98 Å². The largest absolute Gasteiger partial charge is 0.456 e. The van der Waals surface area contributed by atoms with Crippen LogP contribution in [0.4, 0.5) is 0 Å². The first-order chi connectivity index (χ1) is 27.2. The Labute approximate surface area is 318 Å². The van der Waals surface area contributed by atoms with Gasteiger partial charge in [0.15, 0.2) is 7.14 Å². The van der Waals surface area contributed by atoms with Gasteiger partial charge in [0.2, 0.25) is 0 Å². The van der Waals surface area contributed by atoms with Crippen LogP contribution in [0, 0.1) is 0 Å². The lowest BCUT2D eigenvalue weighted by atomic mass is 9.84. The Morgan fingerprint density at radius 2 is 0.836 bits per heavy atom. The van der Waals surface area contributed by atoms with Gasteiger partial charge in [-0.15, -0.1) is 0 Å². The molecule has 0 radical (unpaired) electrons. The molecule has 0 aliphatic heterocycles. The van der Waals surface area contributed by atoms with E-state index in [-0.39, 0.29) is 0 Å². The Bertz CT molecular complexity index is 3240. The second-order valence-electron chi connectivity index (χ2n) is 14.3.